The average molecular weight is 550 g/mol. The van der Waals surface area contributed by atoms with E-state index in [9.17, 15) is 34.3 Å². The van der Waals surface area contributed by atoms with Gasteiger partial charge in [-0.2, -0.15) is 5.26 Å². The number of carbonyl (C=O) groups excluding carboxylic acids is 5. The van der Waals surface area contributed by atoms with Gasteiger partial charge in [-0.15, -0.1) is 11.3 Å². The fourth-order valence-electron chi connectivity index (χ4n) is 7.01. The number of likely N-dealkylation sites (N-methyl/N-ethyl adjacent to an activating group) is 1. The Kier molecular flexibility index (Phi) is 5.76. The number of phenols is 1. The van der Waals surface area contributed by atoms with Gasteiger partial charge in [0.05, 0.1) is 23.2 Å². The second-order valence-corrected chi connectivity index (χ2v) is 12.0. The standard InChI is InChI=1S/C27H27N5O6S/c1-11-6-15(39-8-11)12-4-5-14(33)16-13(12)7-25(30)9-27(31)21(32(2)3)20(35)17(24(29)38)22(36)26(27,10-28)23(37)18(25)19(16)34/h4-6,8,17-18,21,33H,7,9,30-31H2,1-3H3,(H2,29,38)/t17?,18?,21-,25-,26+,27-/m1/s1. The van der Waals surface area contributed by atoms with Crippen molar-refractivity contribution in [2.45, 2.75) is 36.9 Å². The number of hydrogen-bond donors (Lipinski definition) is 4. The molecule has 5 rings (SSSR count). The van der Waals surface area contributed by atoms with Crippen LogP contribution in [0.25, 0.3) is 10.4 Å². The van der Waals surface area contributed by atoms with Crippen LogP contribution >= 0.6 is 11.3 Å². The molecule has 0 bridgehead atoms. The Morgan fingerprint density at radius 2 is 1.85 bits per heavy atom. The Bertz CT molecular complexity index is 1560. The first-order valence-electron chi connectivity index (χ1n) is 12.2. The molecule has 2 aromatic rings. The highest BCUT2D eigenvalue weighted by atomic mass is 32.1. The molecule has 3 aliphatic carbocycles. The summed E-state index contributed by atoms with van der Waals surface area (Å²) in [6.07, 6.45) is -0.549. The second-order valence-electron chi connectivity index (χ2n) is 11.1. The number of rotatable bonds is 3. The zero-order chi connectivity index (χ0) is 28.8. The third-order valence-corrected chi connectivity index (χ3v) is 9.55. The van der Waals surface area contributed by atoms with Crippen molar-refractivity contribution in [1.29, 1.82) is 5.26 Å². The Morgan fingerprint density at radius 1 is 1.18 bits per heavy atom. The Balaban J connectivity index is 1.78. The zero-order valence-corrected chi connectivity index (χ0v) is 22.3. The van der Waals surface area contributed by atoms with Gasteiger partial charge >= 0.3 is 0 Å². The number of hydrogen-bond acceptors (Lipinski definition) is 11. The molecule has 7 N–H and O–H groups in total. The third-order valence-electron chi connectivity index (χ3n) is 8.47. The number of amides is 1. The van der Waals surface area contributed by atoms with E-state index in [1.165, 1.54) is 36.4 Å². The molecule has 2 saturated carbocycles. The fraction of sp³-hybridized carbons (Fsp3) is 0.407. The van der Waals surface area contributed by atoms with Crippen molar-refractivity contribution in [3.05, 3.63) is 40.3 Å². The summed E-state index contributed by atoms with van der Waals surface area (Å²) >= 11 is 1.43. The number of nitriles is 1. The van der Waals surface area contributed by atoms with Crippen LogP contribution < -0.4 is 17.2 Å². The highest BCUT2D eigenvalue weighted by Crippen LogP contribution is 2.57. The van der Waals surface area contributed by atoms with Crippen LogP contribution in [-0.2, 0) is 25.6 Å². The van der Waals surface area contributed by atoms with Gasteiger partial charge in [0.15, 0.2) is 34.5 Å². The number of aromatic hydroxyl groups is 1. The molecule has 1 aromatic carbocycles. The number of primary amides is 1. The highest BCUT2D eigenvalue weighted by molar-refractivity contribution is 7.13. The molecule has 0 aliphatic heterocycles. The van der Waals surface area contributed by atoms with Gasteiger partial charge in [0.1, 0.15) is 11.7 Å². The van der Waals surface area contributed by atoms with Crippen LogP contribution in [0, 0.1) is 35.5 Å². The van der Waals surface area contributed by atoms with E-state index < -0.39 is 69.8 Å². The van der Waals surface area contributed by atoms with E-state index in [-0.39, 0.29) is 17.7 Å². The van der Waals surface area contributed by atoms with Crippen LogP contribution in [0.1, 0.15) is 27.9 Å². The van der Waals surface area contributed by atoms with Gasteiger partial charge in [0.25, 0.3) is 0 Å². The summed E-state index contributed by atoms with van der Waals surface area (Å²) in [4.78, 5) is 69.9. The smallest absolute Gasteiger partial charge is 0.235 e. The van der Waals surface area contributed by atoms with E-state index in [0.29, 0.717) is 11.1 Å². The van der Waals surface area contributed by atoms with Crippen molar-refractivity contribution < 1.29 is 29.1 Å². The van der Waals surface area contributed by atoms with E-state index in [4.69, 9.17) is 17.2 Å². The van der Waals surface area contributed by atoms with Crippen LogP contribution in [0.15, 0.2) is 23.6 Å². The molecule has 1 heterocycles. The molecule has 1 aromatic heterocycles. The molecular formula is C27H27N5O6S. The molecule has 0 saturated heterocycles. The monoisotopic (exact) mass is 549 g/mol. The Labute approximate surface area is 227 Å². The second kappa shape index (κ2) is 8.37. The van der Waals surface area contributed by atoms with Crippen LogP contribution in [0.4, 0.5) is 0 Å². The lowest BCUT2D eigenvalue weighted by atomic mass is 9.42. The van der Waals surface area contributed by atoms with Gasteiger partial charge in [-0.25, -0.2) is 0 Å². The minimum atomic E-state index is -2.76. The van der Waals surface area contributed by atoms with Gasteiger partial charge in [0.2, 0.25) is 5.91 Å². The summed E-state index contributed by atoms with van der Waals surface area (Å²) in [5.74, 6) is -9.85. The molecule has 0 spiro atoms. The van der Waals surface area contributed by atoms with Crippen molar-refractivity contribution in [1.82, 2.24) is 4.90 Å². The minimum absolute atomic E-state index is 0.104. The molecular weight excluding hydrogens is 522 g/mol. The van der Waals surface area contributed by atoms with Gasteiger partial charge in [-0.3, -0.25) is 28.9 Å². The number of benzene rings is 1. The van der Waals surface area contributed by atoms with E-state index in [1.54, 1.807) is 12.1 Å². The van der Waals surface area contributed by atoms with Crippen molar-refractivity contribution in [2.24, 2.45) is 34.5 Å². The van der Waals surface area contributed by atoms with Gasteiger partial charge < -0.3 is 22.3 Å². The topological polar surface area (TPSA) is 211 Å². The normalized spacial score (nSPS) is 33.8. The number of carbonyl (C=O) groups is 5. The number of aryl methyl sites for hydroxylation is 1. The number of nitrogens with two attached hydrogens (primary N) is 3. The zero-order valence-electron chi connectivity index (χ0n) is 21.5. The maximum atomic E-state index is 14.3. The average Bonchev–Trinajstić information content (AvgIpc) is 3.23. The number of ketones is 4. The first-order valence-corrected chi connectivity index (χ1v) is 13.1. The number of thiophene rings is 1. The fourth-order valence-corrected chi connectivity index (χ4v) is 7.96. The van der Waals surface area contributed by atoms with Gasteiger partial charge in [-0.1, -0.05) is 0 Å². The third kappa shape index (κ3) is 3.21. The summed E-state index contributed by atoms with van der Waals surface area (Å²) in [5.41, 5.74) is 14.4. The largest absolute Gasteiger partial charge is 0.507 e. The van der Waals surface area contributed by atoms with Crippen molar-refractivity contribution in [3.63, 3.8) is 0 Å². The predicted octanol–water partition coefficient (Wildman–Crippen LogP) is -0.155. The lowest BCUT2D eigenvalue weighted by Gasteiger charge is -2.60. The molecule has 3 aliphatic rings. The maximum Gasteiger partial charge on any atom is 0.235 e. The Hall–Kier alpha value is -3.76. The van der Waals surface area contributed by atoms with Crippen LogP contribution in [0.3, 0.4) is 0 Å². The van der Waals surface area contributed by atoms with Crippen LogP contribution in [-0.4, -0.2) is 70.3 Å². The first-order chi connectivity index (χ1) is 18.2. The maximum absolute atomic E-state index is 14.3. The van der Waals surface area contributed by atoms with Crippen LogP contribution in [0.2, 0.25) is 0 Å². The SMILES string of the molecule is Cc1csc(-c2ccc(O)c3c2C[C@@]2(N)C[C@@]4(N)[C@H](N(C)C)C(=O)C(C(N)=O)C(=O)[C@@]4(C#N)C(=O)C2C3=O)c1. The van der Waals surface area contributed by atoms with Crippen molar-refractivity contribution in [2.75, 3.05) is 14.1 Å². The van der Waals surface area contributed by atoms with E-state index in [2.05, 4.69) is 0 Å². The number of fused-ring (bicyclic) bond motifs is 3. The summed E-state index contributed by atoms with van der Waals surface area (Å²) in [7, 11) is 2.92. The number of phenolic OH excluding ortho intramolecular Hbond substituents is 1. The molecule has 6 atom stereocenters. The summed E-state index contributed by atoms with van der Waals surface area (Å²) in [5, 5.41) is 23.1. The molecule has 39 heavy (non-hydrogen) atoms. The minimum Gasteiger partial charge on any atom is -0.507 e. The molecule has 12 heteroatoms. The Morgan fingerprint density at radius 3 is 2.38 bits per heavy atom. The lowest BCUT2D eigenvalue weighted by Crippen LogP contribution is -2.85. The lowest BCUT2D eigenvalue weighted by molar-refractivity contribution is -0.166. The van der Waals surface area contributed by atoms with E-state index in [0.717, 1.165) is 10.4 Å². The molecule has 1 amide bonds. The molecule has 11 nitrogen and oxygen atoms in total. The number of nitrogens with zero attached hydrogens (tertiary/aromatic N) is 2. The van der Waals surface area contributed by atoms with E-state index >= 15 is 0 Å². The molecule has 2 unspecified atom stereocenters. The molecule has 0 radical (unpaired) electrons. The first kappa shape index (κ1) is 26.8. The van der Waals surface area contributed by atoms with Gasteiger partial charge in [0, 0.05) is 10.4 Å². The van der Waals surface area contributed by atoms with E-state index in [1.807, 2.05) is 18.4 Å². The summed E-state index contributed by atoms with van der Waals surface area (Å²) in [6, 6.07) is 5.18. The van der Waals surface area contributed by atoms with Crippen molar-refractivity contribution in [3.8, 4) is 22.3 Å². The number of Topliss-reactive ketones (excluding diaryl/α,β-unsaturated/α-hetero) is 4. The van der Waals surface area contributed by atoms with Gasteiger partial charge in [-0.05, 0) is 74.1 Å². The van der Waals surface area contributed by atoms with Crippen LogP contribution in [0.5, 0.6) is 5.75 Å². The molecule has 202 valence electrons. The van der Waals surface area contributed by atoms with Crippen molar-refractivity contribution >= 4 is 40.4 Å². The molecule has 2 fully saturated rings. The predicted molar refractivity (Wildman–Crippen MR) is 139 cm³/mol. The quantitative estimate of drug-likeness (QED) is 0.372. The summed E-state index contributed by atoms with van der Waals surface area (Å²) in [6.45, 7) is 1.91. The summed E-state index contributed by atoms with van der Waals surface area (Å²) < 4.78 is 0. The highest BCUT2D eigenvalue weighted by Gasteiger charge is 2.78.